The molecular weight excluding hydrogens is 200 g/mol. The van der Waals surface area contributed by atoms with E-state index in [0.29, 0.717) is 0 Å². The maximum atomic E-state index is 5.63. The Morgan fingerprint density at radius 3 is 2.69 bits per heavy atom. The second kappa shape index (κ2) is 6.22. The van der Waals surface area contributed by atoms with Gasteiger partial charge in [0.05, 0.1) is 6.61 Å². The minimum Gasteiger partial charge on any atom is -0.492 e. The summed E-state index contributed by atoms with van der Waals surface area (Å²) >= 11 is 3.52. The van der Waals surface area contributed by atoms with Crippen LogP contribution in [-0.4, -0.2) is 24.9 Å². The van der Waals surface area contributed by atoms with Crippen LogP contribution in [-0.2, 0) is 0 Å². The lowest BCUT2D eigenvalue weighted by molar-refractivity contribution is 0.336. The highest BCUT2D eigenvalue weighted by Crippen LogP contribution is 2.26. The first-order chi connectivity index (χ1) is 6.38. The molecular formula is C10H14OS2. The first kappa shape index (κ1) is 10.8. The summed E-state index contributed by atoms with van der Waals surface area (Å²) in [5.74, 6) is 2.05. The number of ether oxygens (including phenoxy) is 1. The molecule has 0 N–H and O–H groups in total. The Kier molecular flexibility index (Phi) is 5.16. The molecule has 0 unspecified atom stereocenters. The predicted molar refractivity (Wildman–Crippen MR) is 62.1 cm³/mol. The van der Waals surface area contributed by atoms with Crippen LogP contribution in [0.5, 0.6) is 5.75 Å². The molecule has 3 heteroatoms. The number of rotatable bonds is 5. The summed E-state index contributed by atoms with van der Waals surface area (Å²) in [4.78, 5) is 1.21. The van der Waals surface area contributed by atoms with E-state index in [1.807, 2.05) is 18.2 Å². The van der Waals surface area contributed by atoms with E-state index in [1.54, 1.807) is 23.5 Å². The van der Waals surface area contributed by atoms with E-state index in [0.717, 1.165) is 18.1 Å². The topological polar surface area (TPSA) is 9.23 Å². The fourth-order valence-corrected chi connectivity index (χ4v) is 1.77. The fraction of sp³-hybridized carbons (Fsp3) is 0.400. The minimum absolute atomic E-state index is 0.790. The van der Waals surface area contributed by atoms with Crippen molar-refractivity contribution in [2.24, 2.45) is 0 Å². The lowest BCUT2D eigenvalue weighted by Crippen LogP contribution is -2.00. The number of thioether (sulfide) groups is 2. The maximum Gasteiger partial charge on any atom is 0.132 e. The molecule has 0 fully saturated rings. The summed E-state index contributed by atoms with van der Waals surface area (Å²) in [6.45, 7) is 0.790. The highest BCUT2D eigenvalue weighted by Gasteiger charge is 1.99. The van der Waals surface area contributed by atoms with Crippen molar-refractivity contribution >= 4 is 23.5 Å². The molecule has 0 atom stereocenters. The number of hydrogen-bond acceptors (Lipinski definition) is 3. The summed E-state index contributed by atoms with van der Waals surface area (Å²) in [7, 11) is 0. The Morgan fingerprint density at radius 2 is 2.00 bits per heavy atom. The molecule has 13 heavy (non-hydrogen) atoms. The van der Waals surface area contributed by atoms with Gasteiger partial charge < -0.3 is 4.74 Å². The van der Waals surface area contributed by atoms with Crippen molar-refractivity contribution in [3.63, 3.8) is 0 Å². The molecule has 0 aliphatic carbocycles. The highest BCUT2D eigenvalue weighted by atomic mass is 32.2. The summed E-state index contributed by atoms with van der Waals surface area (Å²) in [6.07, 6.45) is 4.15. The molecule has 1 nitrogen and oxygen atoms in total. The Labute approximate surface area is 88.3 Å². The minimum atomic E-state index is 0.790. The van der Waals surface area contributed by atoms with Crippen LogP contribution in [0.1, 0.15) is 0 Å². The summed E-state index contributed by atoms with van der Waals surface area (Å²) in [5, 5.41) is 0. The molecule has 0 aromatic heterocycles. The van der Waals surface area contributed by atoms with Crippen molar-refractivity contribution in [3.05, 3.63) is 24.3 Å². The zero-order valence-electron chi connectivity index (χ0n) is 7.95. The van der Waals surface area contributed by atoms with Gasteiger partial charge in [-0.25, -0.2) is 0 Å². The molecule has 0 amide bonds. The first-order valence-corrected chi connectivity index (χ1v) is 6.75. The number of benzene rings is 1. The Morgan fingerprint density at radius 1 is 1.23 bits per heavy atom. The van der Waals surface area contributed by atoms with Gasteiger partial charge in [0.1, 0.15) is 5.75 Å². The van der Waals surface area contributed by atoms with E-state index >= 15 is 0 Å². The molecule has 0 saturated heterocycles. The molecule has 0 heterocycles. The first-order valence-electron chi connectivity index (χ1n) is 4.13. The standard InChI is InChI=1S/C10H14OS2/c1-12-8-7-11-9-5-3-4-6-10(9)13-2/h3-6H,7-8H2,1-2H3. The molecule has 0 bridgehead atoms. The molecule has 0 spiro atoms. The molecule has 0 aliphatic rings. The number of para-hydroxylation sites is 1. The SMILES string of the molecule is CSCCOc1ccccc1SC. The Hall–Kier alpha value is -0.280. The predicted octanol–water partition coefficient (Wildman–Crippen LogP) is 3.15. The summed E-state index contributed by atoms with van der Waals surface area (Å²) < 4.78 is 5.63. The largest absolute Gasteiger partial charge is 0.492 e. The van der Waals surface area contributed by atoms with E-state index in [4.69, 9.17) is 4.74 Å². The monoisotopic (exact) mass is 214 g/mol. The summed E-state index contributed by atoms with van der Waals surface area (Å²) in [5.41, 5.74) is 0. The van der Waals surface area contributed by atoms with Gasteiger partial charge in [-0.05, 0) is 24.6 Å². The maximum absolute atomic E-state index is 5.63. The molecule has 1 aromatic rings. The van der Waals surface area contributed by atoms with Crippen molar-refractivity contribution in [2.75, 3.05) is 24.9 Å². The van der Waals surface area contributed by atoms with Crippen LogP contribution in [0.2, 0.25) is 0 Å². The van der Waals surface area contributed by atoms with Crippen LogP contribution in [0.3, 0.4) is 0 Å². The zero-order chi connectivity index (χ0) is 9.52. The van der Waals surface area contributed by atoms with Gasteiger partial charge in [0.2, 0.25) is 0 Å². The van der Waals surface area contributed by atoms with Crippen LogP contribution in [0.15, 0.2) is 29.2 Å². The molecule has 0 radical (unpaired) electrons. The van der Waals surface area contributed by atoms with Crippen molar-refractivity contribution in [2.45, 2.75) is 4.90 Å². The highest BCUT2D eigenvalue weighted by molar-refractivity contribution is 7.98. The molecule has 1 rings (SSSR count). The average Bonchev–Trinajstić information content (AvgIpc) is 2.19. The van der Waals surface area contributed by atoms with E-state index in [-0.39, 0.29) is 0 Å². The van der Waals surface area contributed by atoms with E-state index in [1.165, 1.54) is 4.90 Å². The van der Waals surface area contributed by atoms with Gasteiger partial charge in [0, 0.05) is 10.6 Å². The number of hydrogen-bond donors (Lipinski definition) is 0. The lowest BCUT2D eigenvalue weighted by atomic mass is 10.3. The normalized spacial score (nSPS) is 10.0. The molecule has 0 aliphatic heterocycles. The van der Waals surface area contributed by atoms with Crippen LogP contribution < -0.4 is 4.74 Å². The van der Waals surface area contributed by atoms with E-state index in [2.05, 4.69) is 18.6 Å². The third-order valence-corrected chi connectivity index (χ3v) is 2.97. The van der Waals surface area contributed by atoms with Crippen molar-refractivity contribution < 1.29 is 4.74 Å². The van der Waals surface area contributed by atoms with Gasteiger partial charge in [-0.2, -0.15) is 11.8 Å². The molecule has 72 valence electrons. The second-order valence-corrected chi connectivity index (χ2v) is 4.33. The Balaban J connectivity index is 2.54. The lowest BCUT2D eigenvalue weighted by Gasteiger charge is -2.08. The van der Waals surface area contributed by atoms with Crippen LogP contribution in [0.25, 0.3) is 0 Å². The third-order valence-electron chi connectivity index (χ3n) is 1.61. The third kappa shape index (κ3) is 3.53. The van der Waals surface area contributed by atoms with Crippen molar-refractivity contribution in [1.82, 2.24) is 0 Å². The van der Waals surface area contributed by atoms with Gasteiger partial charge >= 0.3 is 0 Å². The van der Waals surface area contributed by atoms with Gasteiger partial charge in [0.15, 0.2) is 0 Å². The van der Waals surface area contributed by atoms with E-state index in [9.17, 15) is 0 Å². The Bertz CT molecular complexity index is 250. The molecule has 1 aromatic carbocycles. The second-order valence-electron chi connectivity index (χ2n) is 2.49. The average molecular weight is 214 g/mol. The van der Waals surface area contributed by atoms with Crippen molar-refractivity contribution in [3.8, 4) is 5.75 Å². The van der Waals surface area contributed by atoms with Crippen LogP contribution in [0.4, 0.5) is 0 Å². The smallest absolute Gasteiger partial charge is 0.132 e. The molecule has 0 saturated carbocycles. The van der Waals surface area contributed by atoms with Crippen LogP contribution >= 0.6 is 23.5 Å². The van der Waals surface area contributed by atoms with Crippen LogP contribution in [0, 0.1) is 0 Å². The van der Waals surface area contributed by atoms with Gasteiger partial charge in [-0.1, -0.05) is 12.1 Å². The van der Waals surface area contributed by atoms with E-state index < -0.39 is 0 Å². The van der Waals surface area contributed by atoms with Gasteiger partial charge in [0.25, 0.3) is 0 Å². The zero-order valence-corrected chi connectivity index (χ0v) is 9.58. The van der Waals surface area contributed by atoms with Gasteiger partial charge in [-0.15, -0.1) is 11.8 Å². The van der Waals surface area contributed by atoms with Crippen molar-refractivity contribution in [1.29, 1.82) is 0 Å². The fourth-order valence-electron chi connectivity index (χ4n) is 0.973. The quantitative estimate of drug-likeness (QED) is 0.550. The summed E-state index contributed by atoms with van der Waals surface area (Å²) in [6, 6.07) is 8.15. The van der Waals surface area contributed by atoms with Gasteiger partial charge in [-0.3, -0.25) is 0 Å².